The van der Waals surface area contributed by atoms with E-state index in [0.29, 0.717) is 10.1 Å². The first kappa shape index (κ1) is 26.1. The average Bonchev–Trinajstić information content (AvgIpc) is 2.78. The summed E-state index contributed by atoms with van der Waals surface area (Å²) < 4.78 is 4.74. The highest BCUT2D eigenvalue weighted by Gasteiger charge is 2.19. The fourth-order valence-electron chi connectivity index (χ4n) is 2.81. The van der Waals surface area contributed by atoms with Crippen LogP contribution in [0.4, 0.5) is 17.1 Å². The number of thioether (sulfide) groups is 1. The van der Waals surface area contributed by atoms with E-state index in [-0.39, 0.29) is 33.0 Å². The average molecular weight is 555 g/mol. The molecule has 0 fully saturated rings. The lowest BCUT2D eigenvalue weighted by Crippen LogP contribution is -2.19. The van der Waals surface area contributed by atoms with Gasteiger partial charge in [0.25, 0.3) is 0 Å². The Labute approximate surface area is 221 Å². The summed E-state index contributed by atoms with van der Waals surface area (Å²) in [4.78, 5) is 25.4. The standard InChI is InChI=1S/C23H18Cl3N3O3S2/c1-32-22(31)21-18(26)10-14(25)11-19(21)29-20(30)12-34-17-7-5-15(6-8-17)27-23(33)28-16-4-2-3-13(24)9-16/h2-11H,12H2,1H3,(H,29,30)(H2,27,28,33). The van der Waals surface area contributed by atoms with Crippen LogP contribution in [0.2, 0.25) is 15.1 Å². The summed E-state index contributed by atoms with van der Waals surface area (Å²) in [5, 5.41) is 10.2. The van der Waals surface area contributed by atoms with Crippen molar-refractivity contribution in [3.05, 3.63) is 81.3 Å². The van der Waals surface area contributed by atoms with Gasteiger partial charge in [-0.2, -0.15) is 0 Å². The number of thiocarbonyl (C=S) groups is 1. The second-order valence-electron chi connectivity index (χ2n) is 6.75. The van der Waals surface area contributed by atoms with Gasteiger partial charge in [0.2, 0.25) is 5.91 Å². The van der Waals surface area contributed by atoms with Gasteiger partial charge < -0.3 is 20.7 Å². The Hall–Kier alpha value is -2.49. The van der Waals surface area contributed by atoms with Crippen LogP contribution in [-0.4, -0.2) is 29.9 Å². The van der Waals surface area contributed by atoms with E-state index in [4.69, 9.17) is 51.8 Å². The van der Waals surface area contributed by atoms with Crippen molar-refractivity contribution in [1.29, 1.82) is 0 Å². The Morgan fingerprint density at radius 1 is 0.912 bits per heavy atom. The zero-order valence-corrected chi connectivity index (χ0v) is 21.6. The molecule has 0 aliphatic rings. The van der Waals surface area contributed by atoms with Crippen molar-refractivity contribution in [3.8, 4) is 0 Å². The molecule has 0 aliphatic heterocycles. The maximum absolute atomic E-state index is 12.5. The fourth-order valence-corrected chi connectivity index (χ4v) is 4.51. The van der Waals surface area contributed by atoms with Crippen molar-refractivity contribution >= 4 is 92.8 Å². The summed E-state index contributed by atoms with van der Waals surface area (Å²) in [5.74, 6) is -0.898. The predicted molar refractivity (Wildman–Crippen MR) is 145 cm³/mol. The summed E-state index contributed by atoms with van der Waals surface area (Å²) in [6.45, 7) is 0. The molecule has 0 spiro atoms. The van der Waals surface area contributed by atoms with E-state index in [1.54, 1.807) is 12.1 Å². The molecular formula is C23H18Cl3N3O3S2. The third-order valence-corrected chi connectivity index (χ3v) is 6.25. The molecular weight excluding hydrogens is 537 g/mol. The summed E-state index contributed by atoms with van der Waals surface area (Å²) >= 11 is 24.7. The number of ether oxygens (including phenoxy) is 1. The van der Waals surface area contributed by atoms with E-state index in [1.807, 2.05) is 36.4 Å². The van der Waals surface area contributed by atoms with Crippen LogP contribution < -0.4 is 16.0 Å². The van der Waals surface area contributed by atoms with Gasteiger partial charge in [-0.3, -0.25) is 4.79 Å². The number of nitrogens with one attached hydrogen (secondary N) is 3. The van der Waals surface area contributed by atoms with Gasteiger partial charge in [0.05, 0.1) is 23.6 Å². The predicted octanol–water partition coefficient (Wildman–Crippen LogP) is 6.97. The van der Waals surface area contributed by atoms with Gasteiger partial charge in [0.15, 0.2) is 5.11 Å². The molecule has 0 saturated carbocycles. The van der Waals surface area contributed by atoms with E-state index in [9.17, 15) is 9.59 Å². The van der Waals surface area contributed by atoms with Crippen LogP contribution in [0, 0.1) is 0 Å². The van der Waals surface area contributed by atoms with Crippen LogP contribution in [0.25, 0.3) is 0 Å². The zero-order valence-electron chi connectivity index (χ0n) is 17.7. The van der Waals surface area contributed by atoms with Crippen molar-refractivity contribution in [2.24, 2.45) is 0 Å². The highest BCUT2D eigenvalue weighted by molar-refractivity contribution is 8.00. The normalized spacial score (nSPS) is 10.4. The maximum Gasteiger partial charge on any atom is 0.341 e. The van der Waals surface area contributed by atoms with Crippen LogP contribution in [0.5, 0.6) is 0 Å². The van der Waals surface area contributed by atoms with Gasteiger partial charge in [-0.05, 0) is 66.8 Å². The van der Waals surface area contributed by atoms with Gasteiger partial charge >= 0.3 is 5.97 Å². The highest BCUT2D eigenvalue weighted by atomic mass is 35.5. The third kappa shape index (κ3) is 7.51. The minimum Gasteiger partial charge on any atom is -0.465 e. The number of rotatable bonds is 7. The minimum absolute atomic E-state index is 0.0460. The molecule has 1 amide bonds. The number of amides is 1. The molecule has 34 heavy (non-hydrogen) atoms. The molecule has 11 heteroatoms. The van der Waals surface area contributed by atoms with Gasteiger partial charge in [0.1, 0.15) is 5.56 Å². The molecule has 3 aromatic carbocycles. The number of benzene rings is 3. The topological polar surface area (TPSA) is 79.5 Å². The molecule has 0 atom stereocenters. The first-order valence-electron chi connectivity index (χ1n) is 9.69. The molecule has 0 heterocycles. The van der Waals surface area contributed by atoms with Crippen LogP contribution in [0.1, 0.15) is 10.4 Å². The van der Waals surface area contributed by atoms with Crippen molar-refractivity contribution in [1.82, 2.24) is 0 Å². The SMILES string of the molecule is COC(=O)c1c(Cl)cc(Cl)cc1NC(=O)CSc1ccc(NC(=S)Nc2cccc(Cl)c2)cc1. The van der Waals surface area contributed by atoms with Gasteiger partial charge in [-0.15, -0.1) is 11.8 Å². The monoisotopic (exact) mass is 553 g/mol. The smallest absolute Gasteiger partial charge is 0.341 e. The van der Waals surface area contributed by atoms with E-state index >= 15 is 0 Å². The number of carbonyl (C=O) groups is 2. The number of anilines is 3. The van der Waals surface area contributed by atoms with Crippen LogP contribution in [-0.2, 0) is 9.53 Å². The highest BCUT2D eigenvalue weighted by Crippen LogP contribution is 2.30. The molecule has 0 radical (unpaired) electrons. The molecule has 0 aromatic heterocycles. The molecule has 0 saturated heterocycles. The Morgan fingerprint density at radius 3 is 2.29 bits per heavy atom. The van der Waals surface area contributed by atoms with Gasteiger partial charge in [-0.25, -0.2) is 4.79 Å². The van der Waals surface area contributed by atoms with E-state index < -0.39 is 5.97 Å². The molecule has 0 bridgehead atoms. The lowest BCUT2D eigenvalue weighted by molar-refractivity contribution is -0.113. The van der Waals surface area contributed by atoms with Crippen LogP contribution in [0.3, 0.4) is 0 Å². The summed E-state index contributed by atoms with van der Waals surface area (Å²) in [6, 6.07) is 17.5. The molecule has 0 unspecified atom stereocenters. The first-order chi connectivity index (χ1) is 16.2. The number of hydrogen-bond donors (Lipinski definition) is 3. The summed E-state index contributed by atoms with van der Waals surface area (Å²) in [6.07, 6.45) is 0. The molecule has 3 aromatic rings. The molecule has 6 nitrogen and oxygen atoms in total. The Bertz CT molecular complexity index is 1220. The summed E-state index contributed by atoms with van der Waals surface area (Å²) in [7, 11) is 1.23. The quantitative estimate of drug-likeness (QED) is 0.165. The molecule has 176 valence electrons. The number of halogens is 3. The molecule has 3 N–H and O–H groups in total. The fraction of sp³-hybridized carbons (Fsp3) is 0.0870. The maximum atomic E-state index is 12.5. The van der Waals surface area contributed by atoms with E-state index in [0.717, 1.165) is 16.3 Å². The second kappa shape index (κ2) is 12.3. The minimum atomic E-state index is -0.671. The molecule has 0 aliphatic carbocycles. The third-order valence-electron chi connectivity index (χ3n) is 4.28. The van der Waals surface area contributed by atoms with E-state index in [2.05, 4.69) is 16.0 Å². The Kier molecular flexibility index (Phi) is 9.44. The lowest BCUT2D eigenvalue weighted by Gasteiger charge is -2.12. The largest absolute Gasteiger partial charge is 0.465 e. The van der Waals surface area contributed by atoms with Crippen LogP contribution >= 0.6 is 58.8 Å². The van der Waals surface area contributed by atoms with Crippen molar-refractivity contribution in [2.45, 2.75) is 4.90 Å². The van der Waals surface area contributed by atoms with Crippen molar-refractivity contribution < 1.29 is 14.3 Å². The first-order valence-corrected chi connectivity index (χ1v) is 12.2. The summed E-state index contributed by atoms with van der Waals surface area (Å²) in [5.41, 5.74) is 1.80. The van der Waals surface area contributed by atoms with E-state index in [1.165, 1.54) is 31.0 Å². The number of esters is 1. The number of methoxy groups -OCH3 is 1. The number of hydrogen-bond acceptors (Lipinski definition) is 5. The Morgan fingerprint density at radius 2 is 1.62 bits per heavy atom. The second-order valence-corrected chi connectivity index (χ2v) is 9.49. The van der Waals surface area contributed by atoms with Crippen molar-refractivity contribution in [3.63, 3.8) is 0 Å². The van der Waals surface area contributed by atoms with Gasteiger partial charge in [0, 0.05) is 26.3 Å². The van der Waals surface area contributed by atoms with Crippen molar-refractivity contribution in [2.75, 3.05) is 28.8 Å². The van der Waals surface area contributed by atoms with Gasteiger partial charge in [-0.1, -0.05) is 40.9 Å². The Balaban J connectivity index is 1.55. The lowest BCUT2D eigenvalue weighted by atomic mass is 10.1. The molecule has 3 rings (SSSR count). The zero-order chi connectivity index (χ0) is 24.7. The number of carbonyl (C=O) groups excluding carboxylic acids is 2. The van der Waals surface area contributed by atoms with Crippen LogP contribution in [0.15, 0.2) is 65.6 Å².